The number of sulfonamides is 2. The number of Topliss-reactive ketones (excluding diaryl/α,β-unsaturated/α-hetero) is 1. The second kappa shape index (κ2) is 12.0. The summed E-state index contributed by atoms with van der Waals surface area (Å²) >= 11 is 1.33. The van der Waals surface area contributed by atoms with Crippen LogP contribution in [0, 0.1) is 0 Å². The third-order valence-electron chi connectivity index (χ3n) is 6.18. The maximum Gasteiger partial charge on any atom is 0.243 e. The Hall–Kier alpha value is -2.68. The Kier molecular flexibility index (Phi) is 8.96. The van der Waals surface area contributed by atoms with Gasteiger partial charge in [0.25, 0.3) is 0 Å². The van der Waals surface area contributed by atoms with Gasteiger partial charge >= 0.3 is 0 Å². The molecular weight excluding hydrogens is 548 g/mol. The van der Waals surface area contributed by atoms with Gasteiger partial charge in [-0.2, -0.15) is 8.61 Å². The predicted molar refractivity (Wildman–Crippen MR) is 146 cm³/mol. The lowest BCUT2D eigenvalue weighted by Crippen LogP contribution is -2.40. The van der Waals surface area contributed by atoms with Crippen molar-refractivity contribution in [2.24, 2.45) is 0 Å². The van der Waals surface area contributed by atoms with E-state index in [9.17, 15) is 21.6 Å². The van der Waals surface area contributed by atoms with Gasteiger partial charge in [0.2, 0.25) is 20.0 Å². The molecule has 0 radical (unpaired) electrons. The molecule has 3 aromatic rings. The average Bonchev–Trinajstić information content (AvgIpc) is 3.42. The van der Waals surface area contributed by atoms with Crippen LogP contribution in [0.2, 0.25) is 0 Å². The first-order valence-corrected chi connectivity index (χ1v) is 15.9. The summed E-state index contributed by atoms with van der Waals surface area (Å²) in [6.07, 6.45) is 0. The molecule has 4 rings (SSSR count). The highest BCUT2D eigenvalue weighted by molar-refractivity contribution is 7.89. The number of nitrogens with one attached hydrogen (secondary N) is 1. The summed E-state index contributed by atoms with van der Waals surface area (Å²) in [5.74, 6) is -0.203. The zero-order valence-corrected chi connectivity index (χ0v) is 23.6. The van der Waals surface area contributed by atoms with Gasteiger partial charge in [0, 0.05) is 42.7 Å². The van der Waals surface area contributed by atoms with Crippen molar-refractivity contribution in [1.82, 2.24) is 13.6 Å². The molecule has 0 saturated carbocycles. The van der Waals surface area contributed by atoms with E-state index in [-0.39, 0.29) is 22.1 Å². The fourth-order valence-electron chi connectivity index (χ4n) is 4.00. The second-order valence-electron chi connectivity index (χ2n) is 8.47. The zero-order valence-electron chi connectivity index (χ0n) is 21.2. The first kappa shape index (κ1) is 28.3. The summed E-state index contributed by atoms with van der Waals surface area (Å²) in [5.41, 5.74) is 1.81. The summed E-state index contributed by atoms with van der Waals surface area (Å²) in [6, 6.07) is 12.5. The first-order chi connectivity index (χ1) is 18.2. The predicted octanol–water partition coefficient (Wildman–Crippen LogP) is 3.16. The lowest BCUT2D eigenvalue weighted by Gasteiger charge is -2.26. The minimum Gasteiger partial charge on any atom is -0.379 e. The van der Waals surface area contributed by atoms with Crippen molar-refractivity contribution in [3.63, 3.8) is 0 Å². The molecule has 1 N–H and O–H groups in total. The summed E-state index contributed by atoms with van der Waals surface area (Å²) in [6.45, 7) is 5.74. The van der Waals surface area contributed by atoms with Gasteiger partial charge in [-0.25, -0.2) is 21.8 Å². The smallest absolute Gasteiger partial charge is 0.243 e. The molecule has 0 unspecified atom stereocenters. The van der Waals surface area contributed by atoms with E-state index in [4.69, 9.17) is 4.74 Å². The molecule has 1 aliphatic rings. The van der Waals surface area contributed by atoms with Crippen molar-refractivity contribution in [1.29, 1.82) is 0 Å². The number of morpholine rings is 1. The maximum atomic E-state index is 12.8. The van der Waals surface area contributed by atoms with E-state index in [0.29, 0.717) is 55.8 Å². The Morgan fingerprint density at radius 2 is 1.58 bits per heavy atom. The third kappa shape index (κ3) is 6.14. The number of ether oxygens (including phenoxy) is 1. The van der Waals surface area contributed by atoms with Gasteiger partial charge < -0.3 is 10.1 Å². The minimum absolute atomic E-state index is 0.00811. The summed E-state index contributed by atoms with van der Waals surface area (Å²) in [4.78, 5) is 17.5. The van der Waals surface area contributed by atoms with Crippen LogP contribution in [-0.4, -0.2) is 82.2 Å². The minimum atomic E-state index is -3.58. The van der Waals surface area contributed by atoms with E-state index in [1.54, 1.807) is 38.1 Å². The van der Waals surface area contributed by atoms with Crippen LogP contribution in [0.25, 0.3) is 11.3 Å². The highest BCUT2D eigenvalue weighted by Gasteiger charge is 2.26. The van der Waals surface area contributed by atoms with Crippen molar-refractivity contribution in [3.8, 4) is 11.3 Å². The van der Waals surface area contributed by atoms with Gasteiger partial charge in [-0.05, 0) is 36.4 Å². The van der Waals surface area contributed by atoms with Crippen molar-refractivity contribution < 1.29 is 26.4 Å². The van der Waals surface area contributed by atoms with Crippen LogP contribution in [0.15, 0.2) is 63.7 Å². The van der Waals surface area contributed by atoms with Crippen molar-refractivity contribution in [2.75, 3.05) is 51.3 Å². The molecule has 13 heteroatoms. The fourth-order valence-corrected chi connectivity index (χ4v) is 7.59. The molecule has 10 nitrogen and oxygen atoms in total. The number of hydrogen-bond donors (Lipinski definition) is 1. The van der Waals surface area contributed by atoms with Crippen LogP contribution in [0.1, 0.15) is 24.2 Å². The fraction of sp³-hybridized carbons (Fsp3) is 0.360. The Bertz CT molecular complexity index is 1460. The lowest BCUT2D eigenvalue weighted by molar-refractivity contribution is 0.0730. The molecule has 0 aliphatic carbocycles. The summed E-state index contributed by atoms with van der Waals surface area (Å²) in [7, 11) is -7.15. The van der Waals surface area contributed by atoms with E-state index < -0.39 is 20.0 Å². The molecule has 1 aromatic heterocycles. The van der Waals surface area contributed by atoms with Crippen LogP contribution in [0.4, 0.5) is 5.13 Å². The Labute approximate surface area is 227 Å². The average molecular weight is 579 g/mol. The molecule has 38 heavy (non-hydrogen) atoms. The standard InChI is InChI=1S/C25H30N4O6S3/c1-3-28(4-2)37(31,32)21-11-7-20(8-12-21)24(30)17-26-25-27-23(18-36-25)19-5-9-22(10-6-19)38(33,34)29-13-15-35-16-14-29/h5-12,18H,3-4,13-17H2,1-2H3,(H,26,27). The van der Waals surface area contributed by atoms with Gasteiger partial charge in [0.15, 0.2) is 10.9 Å². The highest BCUT2D eigenvalue weighted by Crippen LogP contribution is 2.27. The highest BCUT2D eigenvalue weighted by atomic mass is 32.2. The van der Waals surface area contributed by atoms with Gasteiger partial charge in [-0.15, -0.1) is 11.3 Å². The number of hydrogen-bond acceptors (Lipinski definition) is 9. The van der Waals surface area contributed by atoms with Crippen LogP contribution in [0.3, 0.4) is 0 Å². The van der Waals surface area contributed by atoms with E-state index in [0.717, 1.165) is 5.56 Å². The van der Waals surface area contributed by atoms with Gasteiger partial charge in [0.1, 0.15) is 0 Å². The van der Waals surface area contributed by atoms with Crippen molar-refractivity contribution in [3.05, 3.63) is 59.5 Å². The molecular formula is C25H30N4O6S3. The zero-order chi connectivity index (χ0) is 27.3. The number of aromatic nitrogens is 1. The SMILES string of the molecule is CCN(CC)S(=O)(=O)c1ccc(C(=O)CNc2nc(-c3ccc(S(=O)(=O)N4CCOCC4)cc3)cs2)cc1. The van der Waals surface area contributed by atoms with E-state index >= 15 is 0 Å². The molecule has 1 saturated heterocycles. The van der Waals surface area contributed by atoms with Crippen molar-refractivity contribution in [2.45, 2.75) is 23.6 Å². The molecule has 0 atom stereocenters. The molecule has 1 aliphatic heterocycles. The molecule has 2 heterocycles. The molecule has 204 valence electrons. The lowest BCUT2D eigenvalue weighted by atomic mass is 10.1. The first-order valence-electron chi connectivity index (χ1n) is 12.2. The van der Waals surface area contributed by atoms with Crippen molar-refractivity contribution >= 4 is 42.3 Å². The molecule has 0 spiro atoms. The monoisotopic (exact) mass is 578 g/mol. The molecule has 0 bridgehead atoms. The normalized spacial score (nSPS) is 15.0. The number of anilines is 1. The maximum absolute atomic E-state index is 12.8. The topological polar surface area (TPSA) is 126 Å². The number of thiazole rings is 1. The quantitative estimate of drug-likeness (QED) is 0.344. The molecule has 0 amide bonds. The Morgan fingerprint density at radius 3 is 2.18 bits per heavy atom. The van der Waals surface area contributed by atoms with Crippen LogP contribution in [-0.2, 0) is 24.8 Å². The second-order valence-corrected chi connectivity index (χ2v) is 13.2. The summed E-state index contributed by atoms with van der Waals surface area (Å²) in [5, 5.41) is 5.38. The number of ketones is 1. The van der Waals surface area contributed by atoms with Crippen LogP contribution in [0.5, 0.6) is 0 Å². The van der Waals surface area contributed by atoms with Gasteiger partial charge in [-0.1, -0.05) is 26.0 Å². The largest absolute Gasteiger partial charge is 0.379 e. The number of carbonyl (C=O) groups excluding carboxylic acids is 1. The number of rotatable bonds is 11. The van der Waals surface area contributed by atoms with Crippen LogP contribution >= 0.6 is 11.3 Å². The Morgan fingerprint density at radius 1 is 0.974 bits per heavy atom. The van der Waals surface area contributed by atoms with Crippen LogP contribution < -0.4 is 5.32 Å². The van der Waals surface area contributed by atoms with Gasteiger partial charge in [-0.3, -0.25) is 4.79 Å². The summed E-state index contributed by atoms with van der Waals surface area (Å²) < 4.78 is 58.9. The molecule has 2 aromatic carbocycles. The number of benzene rings is 2. The van der Waals surface area contributed by atoms with E-state index in [1.807, 2.05) is 5.38 Å². The van der Waals surface area contributed by atoms with Gasteiger partial charge in [0.05, 0.1) is 35.2 Å². The number of carbonyl (C=O) groups is 1. The Balaban J connectivity index is 1.37. The number of nitrogens with zero attached hydrogens (tertiary/aromatic N) is 3. The van der Waals surface area contributed by atoms with E-state index in [1.165, 1.54) is 44.2 Å². The van der Waals surface area contributed by atoms with E-state index in [2.05, 4.69) is 10.3 Å². The third-order valence-corrected chi connectivity index (χ3v) is 11.0. The molecule has 1 fully saturated rings.